The topological polar surface area (TPSA) is 105 Å². The second-order valence-corrected chi connectivity index (χ2v) is 13.1. The highest BCUT2D eigenvalue weighted by Gasteiger charge is 2.35. The normalized spacial score (nSPS) is 11.9. The summed E-state index contributed by atoms with van der Waals surface area (Å²) in [5.74, 6) is -0.169. The van der Waals surface area contributed by atoms with Gasteiger partial charge in [-0.05, 0) is 56.2 Å². The van der Waals surface area contributed by atoms with Gasteiger partial charge >= 0.3 is 0 Å². The molecule has 4 rings (SSSR count). The predicted molar refractivity (Wildman–Crippen MR) is 179 cm³/mol. The quantitative estimate of drug-likeness (QED) is 0.198. The molecule has 10 heteroatoms. The van der Waals surface area contributed by atoms with E-state index in [1.165, 1.54) is 37.3 Å². The number of nitrogens with zero attached hydrogens (tertiary/aromatic N) is 2. The van der Waals surface area contributed by atoms with Crippen molar-refractivity contribution in [3.8, 4) is 11.5 Å². The van der Waals surface area contributed by atoms with Crippen LogP contribution in [-0.4, -0.2) is 58.0 Å². The summed E-state index contributed by atoms with van der Waals surface area (Å²) in [4.78, 5) is 29.9. The smallest absolute Gasteiger partial charge is 0.264 e. The van der Waals surface area contributed by atoms with Gasteiger partial charge in [-0.1, -0.05) is 78.4 Å². The van der Waals surface area contributed by atoms with Gasteiger partial charge in [-0.2, -0.15) is 0 Å². The number of carbonyl (C=O) groups excluding carboxylic acids is 2. The fourth-order valence-corrected chi connectivity index (χ4v) is 6.48. The van der Waals surface area contributed by atoms with Crippen molar-refractivity contribution in [1.29, 1.82) is 0 Å². The summed E-state index contributed by atoms with van der Waals surface area (Å²) in [7, 11) is -1.30. The Labute approximate surface area is 271 Å². The second kappa shape index (κ2) is 15.4. The van der Waals surface area contributed by atoms with Crippen LogP contribution in [0.5, 0.6) is 11.5 Å². The van der Waals surface area contributed by atoms with E-state index in [2.05, 4.69) is 5.32 Å². The van der Waals surface area contributed by atoms with Gasteiger partial charge in [0, 0.05) is 25.1 Å². The Bertz CT molecular complexity index is 1710. The zero-order valence-electron chi connectivity index (χ0n) is 26.8. The fraction of sp³-hybridized carbons (Fsp3) is 0.278. The van der Waals surface area contributed by atoms with E-state index in [0.717, 1.165) is 21.0 Å². The average molecular weight is 644 g/mol. The fourth-order valence-electron chi connectivity index (χ4n) is 5.05. The van der Waals surface area contributed by atoms with Gasteiger partial charge in [0.2, 0.25) is 11.8 Å². The van der Waals surface area contributed by atoms with E-state index in [9.17, 15) is 18.0 Å². The minimum atomic E-state index is -4.24. The summed E-state index contributed by atoms with van der Waals surface area (Å²) in [6.07, 6.45) is 0.235. The maximum Gasteiger partial charge on any atom is 0.264 e. The Morgan fingerprint density at radius 1 is 0.783 bits per heavy atom. The number of amides is 2. The van der Waals surface area contributed by atoms with Gasteiger partial charge in [0.05, 0.1) is 24.8 Å². The van der Waals surface area contributed by atoms with Crippen molar-refractivity contribution < 1.29 is 27.5 Å². The predicted octanol–water partition coefficient (Wildman–Crippen LogP) is 5.37. The van der Waals surface area contributed by atoms with Crippen LogP contribution in [0.15, 0.2) is 108 Å². The highest BCUT2D eigenvalue weighted by molar-refractivity contribution is 7.92. The van der Waals surface area contributed by atoms with Gasteiger partial charge in [-0.25, -0.2) is 8.42 Å². The first-order chi connectivity index (χ1) is 22.0. The summed E-state index contributed by atoms with van der Waals surface area (Å²) in [5, 5.41) is 2.97. The molecule has 0 saturated carbocycles. The van der Waals surface area contributed by atoms with Gasteiger partial charge in [-0.3, -0.25) is 13.9 Å². The molecule has 0 radical (unpaired) electrons. The van der Waals surface area contributed by atoms with E-state index in [-0.39, 0.29) is 35.5 Å². The molecule has 242 valence electrons. The lowest BCUT2D eigenvalue weighted by Crippen LogP contribution is -2.54. The molecule has 4 aromatic carbocycles. The van der Waals surface area contributed by atoms with Crippen molar-refractivity contribution in [2.24, 2.45) is 0 Å². The van der Waals surface area contributed by atoms with E-state index >= 15 is 0 Å². The molecule has 1 N–H and O–H groups in total. The maximum absolute atomic E-state index is 14.6. The van der Waals surface area contributed by atoms with Crippen LogP contribution in [0.2, 0.25) is 0 Å². The minimum Gasteiger partial charge on any atom is -0.493 e. The summed E-state index contributed by atoms with van der Waals surface area (Å²) in [6.45, 7) is 5.20. The minimum absolute atomic E-state index is 0.0149. The van der Waals surface area contributed by atoms with Crippen LogP contribution in [0.3, 0.4) is 0 Å². The van der Waals surface area contributed by atoms with Gasteiger partial charge in [0.15, 0.2) is 11.5 Å². The summed E-state index contributed by atoms with van der Waals surface area (Å²) in [5.41, 5.74) is 2.92. The number of hydrogen-bond acceptors (Lipinski definition) is 6. The molecule has 4 aromatic rings. The molecule has 0 aliphatic carbocycles. The van der Waals surface area contributed by atoms with Gasteiger partial charge in [0.1, 0.15) is 12.6 Å². The lowest BCUT2D eigenvalue weighted by Gasteiger charge is -2.34. The molecule has 0 aromatic heterocycles. The first-order valence-electron chi connectivity index (χ1n) is 15.0. The molecule has 9 nitrogen and oxygen atoms in total. The lowest BCUT2D eigenvalue weighted by atomic mass is 10.0. The summed E-state index contributed by atoms with van der Waals surface area (Å²) < 4.78 is 40.3. The molecule has 1 unspecified atom stereocenters. The third-order valence-corrected chi connectivity index (χ3v) is 9.23. The number of aryl methyl sites for hydroxylation is 1. The highest BCUT2D eigenvalue weighted by Crippen LogP contribution is 2.34. The van der Waals surface area contributed by atoms with Crippen molar-refractivity contribution in [2.75, 3.05) is 25.1 Å². The molecule has 2 amide bonds. The Balaban J connectivity index is 1.83. The average Bonchev–Trinajstić information content (AvgIpc) is 3.06. The molecule has 0 aliphatic heterocycles. The first kappa shape index (κ1) is 34.1. The van der Waals surface area contributed by atoms with E-state index < -0.39 is 28.5 Å². The molecule has 1 atom stereocenters. The van der Waals surface area contributed by atoms with Crippen molar-refractivity contribution in [3.63, 3.8) is 0 Å². The van der Waals surface area contributed by atoms with Crippen LogP contribution < -0.4 is 19.1 Å². The van der Waals surface area contributed by atoms with Crippen molar-refractivity contribution in [3.05, 3.63) is 120 Å². The Hall–Kier alpha value is -4.83. The molecule has 0 aliphatic rings. The van der Waals surface area contributed by atoms with Crippen LogP contribution in [-0.2, 0) is 32.6 Å². The number of rotatable bonds is 14. The molecule has 0 spiro atoms. The number of methoxy groups -OCH3 is 2. The molecule has 0 saturated heterocycles. The number of sulfonamides is 1. The third-order valence-electron chi connectivity index (χ3n) is 7.44. The molecule has 0 fully saturated rings. The number of anilines is 1. The van der Waals surface area contributed by atoms with Crippen LogP contribution in [0.25, 0.3) is 0 Å². The molecular weight excluding hydrogens is 602 g/mol. The SMILES string of the molecule is COc1ccc(N(CC(=O)N(Cc2ccc(C)cc2)C(Cc2ccccc2)C(=O)NC(C)C)S(=O)(=O)c2ccccc2)cc1OC. The highest BCUT2D eigenvalue weighted by atomic mass is 32.2. The molecule has 0 heterocycles. The van der Waals surface area contributed by atoms with E-state index in [0.29, 0.717) is 11.5 Å². The largest absolute Gasteiger partial charge is 0.493 e. The zero-order valence-corrected chi connectivity index (χ0v) is 27.7. The van der Waals surface area contributed by atoms with Crippen LogP contribution in [0.1, 0.15) is 30.5 Å². The van der Waals surface area contributed by atoms with E-state index in [1.807, 2.05) is 75.4 Å². The molecular formula is C36H41N3O6S. The number of hydrogen-bond donors (Lipinski definition) is 1. The van der Waals surface area contributed by atoms with E-state index in [1.54, 1.807) is 30.3 Å². The van der Waals surface area contributed by atoms with Crippen molar-refractivity contribution in [2.45, 2.75) is 50.7 Å². The van der Waals surface area contributed by atoms with Crippen molar-refractivity contribution in [1.82, 2.24) is 10.2 Å². The molecule has 0 bridgehead atoms. The Morgan fingerprint density at radius 2 is 1.39 bits per heavy atom. The molecule has 46 heavy (non-hydrogen) atoms. The Morgan fingerprint density at radius 3 is 1.98 bits per heavy atom. The number of nitrogens with one attached hydrogen (secondary N) is 1. The summed E-state index contributed by atoms with van der Waals surface area (Å²) in [6, 6.07) is 28.6. The standard InChI is InChI=1S/C36H41N3O6S/c1-26(2)37-36(41)32(22-28-12-8-6-9-13-28)38(24-29-18-16-27(3)17-19-29)35(40)25-39(46(42,43)31-14-10-7-11-15-31)30-20-21-33(44-4)34(23-30)45-5/h6-21,23,26,32H,22,24-25H2,1-5H3,(H,37,41). The van der Waals surface area contributed by atoms with Crippen LogP contribution in [0.4, 0.5) is 5.69 Å². The van der Waals surface area contributed by atoms with Gasteiger partial charge in [-0.15, -0.1) is 0 Å². The number of benzene rings is 4. The van der Waals surface area contributed by atoms with Crippen LogP contribution in [0, 0.1) is 6.92 Å². The Kier molecular flexibility index (Phi) is 11.4. The van der Waals surface area contributed by atoms with Crippen molar-refractivity contribution >= 4 is 27.5 Å². The first-order valence-corrected chi connectivity index (χ1v) is 16.5. The zero-order chi connectivity index (χ0) is 33.3. The number of carbonyl (C=O) groups is 2. The van der Waals surface area contributed by atoms with E-state index in [4.69, 9.17) is 9.47 Å². The monoisotopic (exact) mass is 643 g/mol. The third kappa shape index (κ3) is 8.45. The number of ether oxygens (including phenoxy) is 2. The maximum atomic E-state index is 14.6. The van der Waals surface area contributed by atoms with Crippen LogP contribution >= 0.6 is 0 Å². The summed E-state index contributed by atoms with van der Waals surface area (Å²) >= 11 is 0. The van der Waals surface area contributed by atoms with Gasteiger partial charge < -0.3 is 19.7 Å². The van der Waals surface area contributed by atoms with Gasteiger partial charge in [0.25, 0.3) is 10.0 Å². The lowest BCUT2D eigenvalue weighted by molar-refractivity contribution is -0.140. The second-order valence-electron chi connectivity index (χ2n) is 11.2.